The molecule has 4 nitrogen and oxygen atoms in total. The Bertz CT molecular complexity index is 683. The van der Waals surface area contributed by atoms with Crippen LogP contribution in [0.15, 0.2) is 42.5 Å². The van der Waals surface area contributed by atoms with Crippen molar-refractivity contribution in [2.75, 3.05) is 0 Å². The van der Waals surface area contributed by atoms with E-state index in [0.717, 1.165) is 0 Å². The van der Waals surface area contributed by atoms with Crippen LogP contribution in [-0.4, -0.2) is 11.3 Å². The maximum atomic E-state index is 12.2. The largest absolute Gasteiger partial charge is 0.573 e. The van der Waals surface area contributed by atoms with E-state index in [1.807, 2.05) is 0 Å². The van der Waals surface area contributed by atoms with Gasteiger partial charge in [-0.3, -0.25) is 10.1 Å². The summed E-state index contributed by atoms with van der Waals surface area (Å²) in [6.07, 6.45) is -4.78. The summed E-state index contributed by atoms with van der Waals surface area (Å²) in [5, 5.41) is 10.9. The van der Waals surface area contributed by atoms with Gasteiger partial charge in [0.2, 0.25) is 0 Å². The fraction of sp³-hybridized carbons (Fsp3) is 0.143. The molecule has 0 saturated heterocycles. The second kappa shape index (κ2) is 5.43. The first-order valence-electron chi connectivity index (χ1n) is 5.88. The maximum absolute atomic E-state index is 12.2. The molecule has 0 aliphatic carbocycles. The topological polar surface area (TPSA) is 52.4 Å². The normalized spacial score (nSPS) is 11.2. The first-order chi connectivity index (χ1) is 9.78. The maximum Gasteiger partial charge on any atom is 0.573 e. The summed E-state index contributed by atoms with van der Waals surface area (Å²) in [5.41, 5.74) is 1.19. The highest BCUT2D eigenvalue weighted by atomic mass is 19.4. The molecule has 0 aliphatic rings. The van der Waals surface area contributed by atoms with Crippen LogP contribution in [0, 0.1) is 17.0 Å². The van der Waals surface area contributed by atoms with E-state index in [2.05, 4.69) is 4.74 Å². The zero-order chi connectivity index (χ0) is 15.6. The van der Waals surface area contributed by atoms with Gasteiger partial charge in [0.15, 0.2) is 0 Å². The molecule has 0 radical (unpaired) electrons. The van der Waals surface area contributed by atoms with E-state index in [4.69, 9.17) is 0 Å². The Morgan fingerprint density at radius 2 is 1.81 bits per heavy atom. The zero-order valence-electron chi connectivity index (χ0n) is 10.8. The van der Waals surface area contributed by atoms with Gasteiger partial charge in [-0.1, -0.05) is 24.3 Å². The number of halogens is 3. The van der Waals surface area contributed by atoms with Crippen molar-refractivity contribution >= 4 is 5.69 Å². The van der Waals surface area contributed by atoms with Gasteiger partial charge in [-0.25, -0.2) is 0 Å². The van der Waals surface area contributed by atoms with Gasteiger partial charge in [0.25, 0.3) is 5.69 Å². The monoisotopic (exact) mass is 297 g/mol. The Balaban J connectivity index is 2.46. The van der Waals surface area contributed by atoms with Crippen molar-refractivity contribution < 1.29 is 22.8 Å². The third kappa shape index (κ3) is 3.50. The molecule has 0 N–H and O–H groups in total. The highest BCUT2D eigenvalue weighted by Gasteiger charge is 2.31. The zero-order valence-corrected chi connectivity index (χ0v) is 10.8. The molecule has 7 heteroatoms. The van der Waals surface area contributed by atoms with Crippen molar-refractivity contribution in [3.8, 4) is 16.9 Å². The molecule has 2 rings (SSSR count). The van der Waals surface area contributed by atoms with Crippen molar-refractivity contribution in [2.24, 2.45) is 0 Å². The smallest absolute Gasteiger partial charge is 0.406 e. The van der Waals surface area contributed by atoms with E-state index >= 15 is 0 Å². The van der Waals surface area contributed by atoms with Crippen molar-refractivity contribution in [2.45, 2.75) is 13.3 Å². The number of nitro groups is 1. The molecule has 0 atom stereocenters. The molecule has 0 bridgehead atoms. The van der Waals surface area contributed by atoms with Gasteiger partial charge in [0.05, 0.1) is 4.92 Å². The highest BCUT2D eigenvalue weighted by molar-refractivity contribution is 5.72. The number of rotatable bonds is 3. The van der Waals surface area contributed by atoms with Gasteiger partial charge in [-0.2, -0.15) is 0 Å². The minimum atomic E-state index is -4.78. The van der Waals surface area contributed by atoms with Gasteiger partial charge in [0, 0.05) is 11.6 Å². The van der Waals surface area contributed by atoms with Gasteiger partial charge < -0.3 is 4.74 Å². The highest BCUT2D eigenvalue weighted by Crippen LogP contribution is 2.32. The molecule has 0 heterocycles. The second-order valence-electron chi connectivity index (χ2n) is 4.28. The number of hydrogen-bond acceptors (Lipinski definition) is 3. The average Bonchev–Trinajstić information content (AvgIpc) is 2.36. The number of hydrogen-bond donors (Lipinski definition) is 0. The molecule has 0 unspecified atom stereocenters. The van der Waals surface area contributed by atoms with Crippen LogP contribution in [0.3, 0.4) is 0 Å². The fourth-order valence-corrected chi connectivity index (χ4v) is 1.99. The van der Waals surface area contributed by atoms with Crippen LogP contribution in [0.2, 0.25) is 0 Å². The van der Waals surface area contributed by atoms with Crippen molar-refractivity contribution in [1.82, 2.24) is 0 Å². The van der Waals surface area contributed by atoms with E-state index in [-0.39, 0.29) is 11.4 Å². The summed E-state index contributed by atoms with van der Waals surface area (Å²) in [7, 11) is 0. The van der Waals surface area contributed by atoms with Gasteiger partial charge in [-0.15, -0.1) is 13.2 Å². The SMILES string of the molecule is Cc1c(-c2cccc(OC(F)(F)F)c2)cccc1[N+](=O)[O-]. The Morgan fingerprint density at radius 3 is 2.43 bits per heavy atom. The number of nitro benzene ring substituents is 1. The third-order valence-electron chi connectivity index (χ3n) is 2.88. The summed E-state index contributed by atoms with van der Waals surface area (Å²) >= 11 is 0. The standard InChI is InChI=1S/C14H10F3NO3/c1-9-12(6-3-7-13(9)18(19)20)10-4-2-5-11(8-10)21-14(15,16)17/h2-8H,1H3. The molecule has 110 valence electrons. The predicted molar refractivity (Wildman–Crippen MR) is 70.0 cm³/mol. The number of benzene rings is 2. The minimum Gasteiger partial charge on any atom is -0.406 e. The first kappa shape index (κ1) is 14.8. The van der Waals surface area contributed by atoms with E-state index in [1.165, 1.54) is 30.3 Å². The van der Waals surface area contributed by atoms with Crippen LogP contribution >= 0.6 is 0 Å². The molecular weight excluding hydrogens is 287 g/mol. The number of alkyl halides is 3. The molecule has 21 heavy (non-hydrogen) atoms. The van der Waals surface area contributed by atoms with Gasteiger partial charge >= 0.3 is 6.36 Å². The Kier molecular flexibility index (Phi) is 3.84. The average molecular weight is 297 g/mol. The van der Waals surface area contributed by atoms with E-state index < -0.39 is 11.3 Å². The van der Waals surface area contributed by atoms with Crippen LogP contribution in [-0.2, 0) is 0 Å². The Hall–Kier alpha value is -2.57. The second-order valence-corrected chi connectivity index (χ2v) is 4.28. The van der Waals surface area contributed by atoms with E-state index in [9.17, 15) is 23.3 Å². The molecule has 2 aromatic rings. The lowest BCUT2D eigenvalue weighted by molar-refractivity contribution is -0.385. The van der Waals surface area contributed by atoms with Crippen LogP contribution in [0.5, 0.6) is 5.75 Å². The van der Waals surface area contributed by atoms with Crippen LogP contribution < -0.4 is 4.74 Å². The summed E-state index contributed by atoms with van der Waals surface area (Å²) in [5.74, 6) is -0.370. The molecular formula is C14H10F3NO3. The molecule has 0 amide bonds. The Morgan fingerprint density at radius 1 is 1.14 bits per heavy atom. The molecule has 2 aromatic carbocycles. The molecule has 0 aromatic heterocycles. The fourth-order valence-electron chi connectivity index (χ4n) is 1.99. The van der Waals surface area contributed by atoms with Crippen molar-refractivity contribution in [3.05, 3.63) is 58.1 Å². The van der Waals surface area contributed by atoms with Gasteiger partial charge in [-0.05, 0) is 30.2 Å². The molecule has 0 fully saturated rings. The van der Waals surface area contributed by atoms with Crippen LogP contribution in [0.25, 0.3) is 11.1 Å². The number of ether oxygens (including phenoxy) is 1. The quantitative estimate of drug-likeness (QED) is 0.620. The van der Waals surface area contributed by atoms with E-state index in [1.54, 1.807) is 19.1 Å². The predicted octanol–water partition coefficient (Wildman–Crippen LogP) is 4.47. The summed E-state index contributed by atoms with van der Waals surface area (Å²) in [6, 6.07) is 9.76. The lowest BCUT2D eigenvalue weighted by Gasteiger charge is -2.11. The summed E-state index contributed by atoms with van der Waals surface area (Å²) in [4.78, 5) is 10.4. The molecule has 0 spiro atoms. The Labute approximate surface area is 117 Å². The molecule has 0 aliphatic heterocycles. The van der Waals surface area contributed by atoms with Crippen molar-refractivity contribution in [3.63, 3.8) is 0 Å². The van der Waals surface area contributed by atoms with E-state index in [0.29, 0.717) is 16.7 Å². The van der Waals surface area contributed by atoms with Crippen LogP contribution in [0.4, 0.5) is 18.9 Å². The summed E-state index contributed by atoms with van der Waals surface area (Å²) in [6.45, 7) is 1.55. The van der Waals surface area contributed by atoms with Gasteiger partial charge in [0.1, 0.15) is 5.75 Å². The number of nitrogens with zero attached hydrogens (tertiary/aromatic N) is 1. The van der Waals surface area contributed by atoms with Crippen molar-refractivity contribution in [1.29, 1.82) is 0 Å². The minimum absolute atomic E-state index is 0.0883. The molecule has 0 saturated carbocycles. The third-order valence-corrected chi connectivity index (χ3v) is 2.88. The first-order valence-corrected chi connectivity index (χ1v) is 5.88. The lowest BCUT2D eigenvalue weighted by atomic mass is 9.99. The van der Waals surface area contributed by atoms with Crippen LogP contribution in [0.1, 0.15) is 5.56 Å². The summed E-state index contributed by atoms with van der Waals surface area (Å²) < 4.78 is 40.5. The lowest BCUT2D eigenvalue weighted by Crippen LogP contribution is -2.17.